The first-order valence-electron chi connectivity index (χ1n) is 10.4. The molecule has 2 heterocycles. The quantitative estimate of drug-likeness (QED) is 0.722. The number of halogens is 3. The van der Waals surface area contributed by atoms with E-state index < -0.39 is 11.9 Å². The third-order valence-corrected chi connectivity index (χ3v) is 5.47. The average Bonchev–Trinajstić information content (AvgIpc) is 2.75. The van der Waals surface area contributed by atoms with E-state index in [9.17, 15) is 13.2 Å². The van der Waals surface area contributed by atoms with E-state index in [0.29, 0.717) is 18.9 Å². The largest absolute Gasteiger partial charge is 0.433 e. The number of nitrogens with zero attached hydrogens (tertiary/aromatic N) is 3. The number of anilines is 4. The van der Waals surface area contributed by atoms with Gasteiger partial charge in [-0.25, -0.2) is 4.98 Å². The zero-order valence-corrected chi connectivity index (χ0v) is 16.7. The second kappa shape index (κ2) is 9.07. The van der Waals surface area contributed by atoms with E-state index >= 15 is 0 Å². The predicted octanol–water partition coefficient (Wildman–Crippen LogP) is 4.82. The summed E-state index contributed by atoms with van der Waals surface area (Å²) in [7, 11) is 0. The van der Waals surface area contributed by atoms with Crippen LogP contribution >= 0.6 is 0 Å². The molecule has 0 bridgehead atoms. The molecule has 1 saturated heterocycles. The molecule has 0 radical (unpaired) electrons. The van der Waals surface area contributed by atoms with Crippen molar-refractivity contribution in [3.8, 4) is 0 Å². The molecule has 4 rings (SSSR count). The SMILES string of the molecule is FC(F)(F)c1cc(Nc2ccc(N3CCOCC3)cc2)nc(NC2CCCCC2)n1. The Hall–Kier alpha value is -2.55. The van der Waals surface area contributed by atoms with Crippen molar-refractivity contribution in [1.29, 1.82) is 0 Å². The first kappa shape index (κ1) is 20.7. The molecule has 162 valence electrons. The number of benzene rings is 1. The summed E-state index contributed by atoms with van der Waals surface area (Å²) < 4.78 is 45.4. The van der Waals surface area contributed by atoms with Crippen LogP contribution in [0.15, 0.2) is 30.3 Å². The standard InChI is InChI=1S/C21H26F3N5O/c22-21(23,24)18-14-19(28-20(27-18)26-15-4-2-1-3-5-15)25-16-6-8-17(9-7-16)29-10-12-30-13-11-29/h6-9,14-15H,1-5,10-13H2,(H2,25,26,27,28). The fourth-order valence-corrected chi connectivity index (χ4v) is 3.88. The minimum Gasteiger partial charge on any atom is -0.378 e. The molecule has 30 heavy (non-hydrogen) atoms. The van der Waals surface area contributed by atoms with E-state index in [-0.39, 0.29) is 17.8 Å². The van der Waals surface area contributed by atoms with Crippen molar-refractivity contribution in [2.75, 3.05) is 41.8 Å². The van der Waals surface area contributed by atoms with Crippen molar-refractivity contribution in [2.24, 2.45) is 0 Å². The van der Waals surface area contributed by atoms with Crippen LogP contribution in [0.1, 0.15) is 37.8 Å². The Morgan fingerprint density at radius 3 is 2.33 bits per heavy atom. The molecule has 0 amide bonds. The molecule has 0 unspecified atom stereocenters. The van der Waals surface area contributed by atoms with Crippen LogP contribution in [-0.4, -0.2) is 42.3 Å². The van der Waals surface area contributed by atoms with Gasteiger partial charge in [0.15, 0.2) is 5.69 Å². The monoisotopic (exact) mass is 421 g/mol. The Kier molecular flexibility index (Phi) is 6.26. The fraction of sp³-hybridized carbons (Fsp3) is 0.524. The Bertz CT molecular complexity index is 832. The first-order chi connectivity index (χ1) is 14.5. The zero-order chi connectivity index (χ0) is 21.0. The minimum absolute atomic E-state index is 0.0177. The van der Waals surface area contributed by atoms with E-state index in [2.05, 4.69) is 25.5 Å². The van der Waals surface area contributed by atoms with Gasteiger partial charge in [-0.2, -0.15) is 18.2 Å². The van der Waals surface area contributed by atoms with Gasteiger partial charge < -0.3 is 20.3 Å². The smallest absolute Gasteiger partial charge is 0.378 e. The summed E-state index contributed by atoms with van der Waals surface area (Å²) in [6.45, 7) is 3.03. The number of morpholine rings is 1. The normalized spacial score (nSPS) is 18.3. The van der Waals surface area contributed by atoms with Crippen molar-refractivity contribution in [1.82, 2.24) is 9.97 Å². The summed E-state index contributed by atoms with van der Waals surface area (Å²) in [6, 6.07) is 8.63. The zero-order valence-electron chi connectivity index (χ0n) is 16.7. The summed E-state index contributed by atoms with van der Waals surface area (Å²) >= 11 is 0. The summed E-state index contributed by atoms with van der Waals surface area (Å²) in [4.78, 5) is 10.2. The van der Waals surface area contributed by atoms with Gasteiger partial charge in [-0.05, 0) is 37.1 Å². The van der Waals surface area contributed by atoms with Crippen LogP contribution in [0.5, 0.6) is 0 Å². The van der Waals surface area contributed by atoms with Crippen LogP contribution in [0.4, 0.5) is 36.3 Å². The fourth-order valence-electron chi connectivity index (χ4n) is 3.88. The Morgan fingerprint density at radius 1 is 0.967 bits per heavy atom. The van der Waals surface area contributed by atoms with Crippen molar-refractivity contribution in [2.45, 2.75) is 44.3 Å². The highest BCUT2D eigenvalue weighted by Gasteiger charge is 2.34. The molecule has 0 spiro atoms. The van der Waals surface area contributed by atoms with Gasteiger partial charge in [0.2, 0.25) is 5.95 Å². The topological polar surface area (TPSA) is 62.3 Å². The maximum Gasteiger partial charge on any atom is 0.433 e. The van der Waals surface area contributed by atoms with E-state index in [1.165, 1.54) is 0 Å². The van der Waals surface area contributed by atoms with E-state index in [1.807, 2.05) is 24.3 Å². The maximum absolute atomic E-state index is 13.4. The lowest BCUT2D eigenvalue weighted by Gasteiger charge is -2.29. The van der Waals surface area contributed by atoms with Crippen molar-refractivity contribution < 1.29 is 17.9 Å². The Balaban J connectivity index is 1.51. The summed E-state index contributed by atoms with van der Waals surface area (Å²) in [6.07, 6.45) is 0.600. The van der Waals surface area contributed by atoms with Gasteiger partial charge in [-0.15, -0.1) is 0 Å². The molecule has 1 aliphatic carbocycles. The first-order valence-corrected chi connectivity index (χ1v) is 10.4. The van der Waals surface area contributed by atoms with Crippen molar-refractivity contribution in [3.05, 3.63) is 36.0 Å². The maximum atomic E-state index is 13.4. The highest BCUT2D eigenvalue weighted by atomic mass is 19.4. The van der Waals surface area contributed by atoms with Crippen LogP contribution in [0.25, 0.3) is 0 Å². The molecule has 9 heteroatoms. The third kappa shape index (κ3) is 5.33. The lowest BCUT2D eigenvalue weighted by Crippen LogP contribution is -2.36. The number of alkyl halides is 3. The van der Waals surface area contributed by atoms with E-state index in [0.717, 1.165) is 56.9 Å². The van der Waals surface area contributed by atoms with Gasteiger partial charge in [-0.1, -0.05) is 19.3 Å². The molecule has 1 aromatic carbocycles. The molecule has 2 aliphatic rings. The number of hydrogen-bond donors (Lipinski definition) is 2. The molecular weight excluding hydrogens is 395 g/mol. The second-order valence-electron chi connectivity index (χ2n) is 7.71. The molecule has 2 N–H and O–H groups in total. The number of nitrogens with one attached hydrogen (secondary N) is 2. The highest BCUT2D eigenvalue weighted by molar-refractivity contribution is 5.62. The number of hydrogen-bond acceptors (Lipinski definition) is 6. The molecule has 1 saturated carbocycles. The van der Waals surface area contributed by atoms with Gasteiger partial charge in [-0.3, -0.25) is 0 Å². The molecule has 2 fully saturated rings. The van der Waals surface area contributed by atoms with Crippen molar-refractivity contribution >= 4 is 23.1 Å². The van der Waals surface area contributed by atoms with E-state index in [4.69, 9.17) is 4.74 Å². The number of aromatic nitrogens is 2. The average molecular weight is 421 g/mol. The number of rotatable bonds is 5. The lowest BCUT2D eigenvalue weighted by atomic mass is 9.96. The van der Waals surface area contributed by atoms with Crippen molar-refractivity contribution in [3.63, 3.8) is 0 Å². The predicted molar refractivity (Wildman–Crippen MR) is 110 cm³/mol. The van der Waals surface area contributed by atoms with Crippen LogP contribution in [-0.2, 0) is 10.9 Å². The van der Waals surface area contributed by atoms with Crippen LogP contribution in [0.2, 0.25) is 0 Å². The van der Waals surface area contributed by atoms with Gasteiger partial charge in [0.1, 0.15) is 5.82 Å². The molecule has 2 aromatic rings. The molecule has 1 aliphatic heterocycles. The molecule has 0 atom stereocenters. The third-order valence-electron chi connectivity index (χ3n) is 5.47. The Morgan fingerprint density at radius 2 is 1.67 bits per heavy atom. The van der Waals surface area contributed by atoms with Crippen LogP contribution < -0.4 is 15.5 Å². The molecular formula is C21H26F3N5O. The van der Waals surface area contributed by atoms with Gasteiger partial charge in [0.25, 0.3) is 0 Å². The minimum atomic E-state index is -4.54. The summed E-state index contributed by atoms with van der Waals surface area (Å²) in [5, 5.41) is 6.08. The van der Waals surface area contributed by atoms with Gasteiger partial charge in [0, 0.05) is 36.6 Å². The van der Waals surface area contributed by atoms with Crippen LogP contribution in [0.3, 0.4) is 0 Å². The van der Waals surface area contributed by atoms with Gasteiger partial charge in [0.05, 0.1) is 13.2 Å². The number of ether oxygens (including phenoxy) is 1. The molecule has 1 aromatic heterocycles. The lowest BCUT2D eigenvalue weighted by molar-refractivity contribution is -0.141. The second-order valence-corrected chi connectivity index (χ2v) is 7.71. The van der Waals surface area contributed by atoms with Crippen LogP contribution in [0, 0.1) is 0 Å². The molecule has 6 nitrogen and oxygen atoms in total. The highest BCUT2D eigenvalue weighted by Crippen LogP contribution is 2.31. The van der Waals surface area contributed by atoms with Gasteiger partial charge >= 0.3 is 6.18 Å². The summed E-state index contributed by atoms with van der Waals surface area (Å²) in [5.74, 6) is 0.138. The summed E-state index contributed by atoms with van der Waals surface area (Å²) in [5.41, 5.74) is 0.771. The van der Waals surface area contributed by atoms with E-state index in [1.54, 1.807) is 0 Å². The Labute approximate surface area is 173 Å².